The average Bonchev–Trinajstić information content (AvgIpc) is 2.92. The van der Waals surface area contributed by atoms with Gasteiger partial charge in [0.05, 0.1) is 11.7 Å². The quantitative estimate of drug-likeness (QED) is 0.756. The number of aryl methyl sites for hydroxylation is 1. The first kappa shape index (κ1) is 22.0. The Hall–Kier alpha value is -2.31. The van der Waals surface area contributed by atoms with Crippen LogP contribution in [0.3, 0.4) is 0 Å². The molecule has 1 fully saturated rings. The van der Waals surface area contributed by atoms with Crippen LogP contribution in [0.2, 0.25) is 0 Å². The highest BCUT2D eigenvalue weighted by Gasteiger charge is 2.29. The van der Waals surface area contributed by atoms with Crippen LogP contribution in [0.1, 0.15) is 72.6 Å². The molecule has 0 spiro atoms. The second-order valence-electron chi connectivity index (χ2n) is 8.18. The highest BCUT2D eigenvalue weighted by atomic mass is 16.5. The fourth-order valence-corrected chi connectivity index (χ4v) is 3.43. The number of esters is 1. The summed E-state index contributed by atoms with van der Waals surface area (Å²) in [5, 5.41) is 0. The number of hydrogen-bond acceptors (Lipinski definition) is 4. The molecular weight excluding hydrogens is 358 g/mol. The van der Waals surface area contributed by atoms with Gasteiger partial charge in [-0.3, -0.25) is 9.59 Å². The maximum atomic E-state index is 13.0. The molecule has 1 saturated heterocycles. The number of nitrogens with zero attached hydrogens (tertiary/aromatic N) is 2. The summed E-state index contributed by atoms with van der Waals surface area (Å²) in [6.45, 7) is 13.4. The molecule has 156 valence electrons. The van der Waals surface area contributed by atoms with Crippen molar-refractivity contribution in [3.05, 3.63) is 22.5 Å². The zero-order valence-electron chi connectivity index (χ0n) is 17.9. The molecule has 2 amide bonds. The van der Waals surface area contributed by atoms with Crippen molar-refractivity contribution in [2.45, 2.75) is 60.5 Å². The van der Waals surface area contributed by atoms with E-state index in [0.29, 0.717) is 61.0 Å². The third kappa shape index (κ3) is 5.14. The van der Waals surface area contributed by atoms with Gasteiger partial charge in [0, 0.05) is 38.3 Å². The molecule has 0 bridgehead atoms. The Morgan fingerprint density at radius 3 is 2.11 bits per heavy atom. The summed E-state index contributed by atoms with van der Waals surface area (Å²) in [6.07, 6.45) is 1.22. The summed E-state index contributed by atoms with van der Waals surface area (Å²) in [7, 11) is 0. The molecule has 28 heavy (non-hydrogen) atoms. The number of nitrogens with one attached hydrogen (secondary N) is 1. The Bertz CT molecular complexity index is 728. The van der Waals surface area contributed by atoms with Crippen molar-refractivity contribution >= 4 is 17.8 Å². The molecule has 7 heteroatoms. The zero-order valence-corrected chi connectivity index (χ0v) is 17.9. The van der Waals surface area contributed by atoms with Crippen molar-refractivity contribution in [3.63, 3.8) is 0 Å². The van der Waals surface area contributed by atoms with E-state index >= 15 is 0 Å². The van der Waals surface area contributed by atoms with Gasteiger partial charge in [0.25, 0.3) is 5.91 Å². The summed E-state index contributed by atoms with van der Waals surface area (Å²) in [5.41, 5.74) is 2.10. The van der Waals surface area contributed by atoms with E-state index in [4.69, 9.17) is 4.74 Å². The summed E-state index contributed by atoms with van der Waals surface area (Å²) in [6, 6.07) is 0. The molecule has 1 aliphatic rings. The lowest BCUT2D eigenvalue weighted by atomic mass is 10.1. The fraction of sp³-hybridized carbons (Fsp3) is 0.667. The largest absolute Gasteiger partial charge is 0.459 e. The monoisotopic (exact) mass is 391 g/mol. The Morgan fingerprint density at radius 2 is 1.57 bits per heavy atom. The first-order valence-electron chi connectivity index (χ1n) is 10.1. The molecule has 0 radical (unpaired) electrons. The van der Waals surface area contributed by atoms with Crippen molar-refractivity contribution in [2.24, 2.45) is 5.92 Å². The first-order chi connectivity index (χ1) is 13.1. The molecule has 7 nitrogen and oxygen atoms in total. The van der Waals surface area contributed by atoms with Crippen LogP contribution < -0.4 is 0 Å². The minimum Gasteiger partial charge on any atom is -0.459 e. The highest BCUT2D eigenvalue weighted by Crippen LogP contribution is 2.22. The lowest BCUT2D eigenvalue weighted by molar-refractivity contribution is -0.132. The number of carbonyl (C=O) groups is 3. The van der Waals surface area contributed by atoms with Gasteiger partial charge in [-0.25, -0.2) is 4.79 Å². The zero-order chi connectivity index (χ0) is 21.0. The third-order valence-corrected chi connectivity index (χ3v) is 5.05. The number of H-pyrrole nitrogens is 1. The predicted molar refractivity (Wildman–Crippen MR) is 107 cm³/mol. The van der Waals surface area contributed by atoms with E-state index in [9.17, 15) is 14.4 Å². The van der Waals surface area contributed by atoms with Crippen molar-refractivity contribution in [1.29, 1.82) is 0 Å². The van der Waals surface area contributed by atoms with Crippen molar-refractivity contribution in [2.75, 3.05) is 26.2 Å². The predicted octanol–water partition coefficient (Wildman–Crippen LogP) is 2.92. The number of amides is 2. The van der Waals surface area contributed by atoms with E-state index in [1.807, 2.05) is 4.90 Å². The van der Waals surface area contributed by atoms with Gasteiger partial charge in [0.15, 0.2) is 0 Å². The van der Waals surface area contributed by atoms with E-state index in [0.717, 1.165) is 6.42 Å². The van der Waals surface area contributed by atoms with Crippen molar-refractivity contribution in [1.82, 2.24) is 14.8 Å². The molecule has 1 aromatic heterocycles. The second kappa shape index (κ2) is 9.26. The molecule has 1 aliphatic heterocycles. The Kier molecular flexibility index (Phi) is 7.27. The molecule has 1 N–H and O–H groups in total. The van der Waals surface area contributed by atoms with E-state index < -0.39 is 5.97 Å². The minimum absolute atomic E-state index is 0.140. The number of piperazine rings is 1. The van der Waals surface area contributed by atoms with Gasteiger partial charge in [0.2, 0.25) is 5.91 Å². The van der Waals surface area contributed by atoms with Gasteiger partial charge < -0.3 is 19.5 Å². The fourth-order valence-electron chi connectivity index (χ4n) is 3.43. The number of carbonyl (C=O) groups excluding carboxylic acids is 3. The van der Waals surface area contributed by atoms with Crippen LogP contribution in [0.25, 0.3) is 0 Å². The van der Waals surface area contributed by atoms with Crippen LogP contribution in [0.15, 0.2) is 0 Å². The number of rotatable bonds is 6. The number of aromatic amines is 1. The molecule has 1 aromatic rings. The summed E-state index contributed by atoms with van der Waals surface area (Å²) in [5.74, 6) is 0.105. The molecule has 0 aromatic carbocycles. The van der Waals surface area contributed by atoms with Crippen molar-refractivity contribution in [3.8, 4) is 0 Å². The van der Waals surface area contributed by atoms with Crippen LogP contribution >= 0.6 is 0 Å². The smallest absolute Gasteiger partial charge is 0.340 e. The topological polar surface area (TPSA) is 82.7 Å². The van der Waals surface area contributed by atoms with Gasteiger partial charge in [-0.05, 0) is 45.6 Å². The van der Waals surface area contributed by atoms with Gasteiger partial charge in [-0.15, -0.1) is 0 Å². The van der Waals surface area contributed by atoms with E-state index in [1.165, 1.54) is 0 Å². The van der Waals surface area contributed by atoms with Gasteiger partial charge in [0.1, 0.15) is 5.69 Å². The van der Waals surface area contributed by atoms with Crippen LogP contribution in [-0.4, -0.2) is 64.9 Å². The third-order valence-electron chi connectivity index (χ3n) is 5.05. The lowest BCUT2D eigenvalue weighted by Crippen LogP contribution is -2.50. The SMILES string of the molecule is Cc1[nH]c(C(=O)N2CCN(C(=O)CCC(C)C)CC2)c(C)c1C(=O)OC(C)C. The number of ether oxygens (including phenoxy) is 1. The van der Waals surface area contributed by atoms with E-state index in [1.54, 1.807) is 32.6 Å². The van der Waals surface area contributed by atoms with Crippen LogP contribution in [-0.2, 0) is 9.53 Å². The Labute approximate surface area is 167 Å². The Balaban J connectivity index is 2.02. The van der Waals surface area contributed by atoms with Gasteiger partial charge in [-0.2, -0.15) is 0 Å². The number of hydrogen-bond donors (Lipinski definition) is 1. The normalized spacial score (nSPS) is 14.7. The molecule has 2 rings (SSSR count). The minimum atomic E-state index is -0.416. The molecule has 2 heterocycles. The molecule has 0 unspecified atom stereocenters. The molecular formula is C21H33N3O4. The maximum absolute atomic E-state index is 13.0. The van der Waals surface area contributed by atoms with Crippen LogP contribution in [0.4, 0.5) is 0 Å². The van der Waals surface area contributed by atoms with E-state index in [2.05, 4.69) is 18.8 Å². The molecule has 0 aliphatic carbocycles. The first-order valence-corrected chi connectivity index (χ1v) is 10.1. The van der Waals surface area contributed by atoms with Gasteiger partial charge >= 0.3 is 5.97 Å². The maximum Gasteiger partial charge on any atom is 0.340 e. The van der Waals surface area contributed by atoms with Crippen LogP contribution in [0.5, 0.6) is 0 Å². The Morgan fingerprint density at radius 1 is 1.00 bits per heavy atom. The van der Waals surface area contributed by atoms with Crippen molar-refractivity contribution < 1.29 is 19.1 Å². The highest BCUT2D eigenvalue weighted by molar-refractivity contribution is 6.00. The summed E-state index contributed by atoms with van der Waals surface area (Å²) >= 11 is 0. The molecule has 0 saturated carbocycles. The number of aromatic nitrogens is 1. The van der Waals surface area contributed by atoms with Gasteiger partial charge in [-0.1, -0.05) is 13.8 Å². The second-order valence-corrected chi connectivity index (χ2v) is 8.18. The molecule has 0 atom stereocenters. The van der Waals surface area contributed by atoms with E-state index in [-0.39, 0.29) is 17.9 Å². The summed E-state index contributed by atoms with van der Waals surface area (Å²) in [4.78, 5) is 44.2. The van der Waals surface area contributed by atoms with Crippen LogP contribution in [0, 0.1) is 19.8 Å². The average molecular weight is 392 g/mol. The summed E-state index contributed by atoms with van der Waals surface area (Å²) < 4.78 is 5.29. The lowest BCUT2D eigenvalue weighted by Gasteiger charge is -2.35. The standard InChI is InChI=1S/C21H33N3O4/c1-13(2)7-8-17(25)23-9-11-24(12-10-23)20(26)19-15(5)18(16(6)22-19)21(27)28-14(3)4/h13-14,22H,7-12H2,1-6H3.